The molecule has 0 saturated heterocycles. The van der Waals surface area contributed by atoms with Gasteiger partial charge in [0.1, 0.15) is 5.82 Å². The molecule has 1 aliphatic rings. The van der Waals surface area contributed by atoms with E-state index in [-0.39, 0.29) is 5.92 Å². The molecule has 1 aromatic carbocycles. The van der Waals surface area contributed by atoms with Gasteiger partial charge in [0.25, 0.3) is 0 Å². The molecule has 4 rings (SSSR count). The summed E-state index contributed by atoms with van der Waals surface area (Å²) in [5.74, 6) is 1.99. The number of nitrogens with zero attached hydrogens (tertiary/aromatic N) is 3. The van der Waals surface area contributed by atoms with E-state index in [1.54, 1.807) is 0 Å². The molecule has 3 heterocycles. The second kappa shape index (κ2) is 5.26. The maximum absolute atomic E-state index is 6.13. The van der Waals surface area contributed by atoms with E-state index in [4.69, 9.17) is 23.2 Å². The summed E-state index contributed by atoms with van der Waals surface area (Å²) < 4.78 is 2.84. The fourth-order valence-electron chi connectivity index (χ4n) is 2.65. The van der Waals surface area contributed by atoms with Gasteiger partial charge >= 0.3 is 0 Å². The topological polar surface area (TPSA) is 42.7 Å². The largest absolute Gasteiger partial charge is 0.383 e. The summed E-state index contributed by atoms with van der Waals surface area (Å²) in [6.45, 7) is 2.92. The third-order valence-electron chi connectivity index (χ3n) is 3.72. The minimum Gasteiger partial charge on any atom is -0.383 e. The number of anilines is 1. The van der Waals surface area contributed by atoms with E-state index < -0.39 is 0 Å². The molecule has 0 radical (unpaired) electrons. The molecule has 1 aliphatic heterocycles. The molecule has 1 unspecified atom stereocenters. The molecule has 112 valence electrons. The van der Waals surface area contributed by atoms with Gasteiger partial charge in [-0.25, -0.2) is 0 Å². The Morgan fingerprint density at radius 1 is 1.23 bits per heavy atom. The van der Waals surface area contributed by atoms with E-state index in [9.17, 15) is 0 Å². The lowest BCUT2D eigenvalue weighted by Crippen LogP contribution is -2.09. The van der Waals surface area contributed by atoms with Crippen LogP contribution in [-0.4, -0.2) is 21.3 Å². The number of fused-ring (bicyclic) bond motifs is 3. The van der Waals surface area contributed by atoms with Gasteiger partial charge in [-0.05, 0) is 30.3 Å². The van der Waals surface area contributed by atoms with E-state index in [0.29, 0.717) is 5.02 Å². The van der Waals surface area contributed by atoms with Crippen LogP contribution in [0.4, 0.5) is 5.69 Å². The van der Waals surface area contributed by atoms with Crippen molar-refractivity contribution in [3.8, 4) is 16.4 Å². The van der Waals surface area contributed by atoms with Crippen LogP contribution in [0.15, 0.2) is 30.3 Å². The smallest absolute Gasteiger partial charge is 0.178 e. The zero-order valence-corrected chi connectivity index (χ0v) is 14.0. The molecule has 1 atom stereocenters. The zero-order chi connectivity index (χ0) is 15.3. The fourth-order valence-corrected chi connectivity index (χ4v) is 3.84. The first-order valence-electron chi connectivity index (χ1n) is 6.88. The predicted octanol–water partition coefficient (Wildman–Crippen LogP) is 4.83. The average Bonchev–Trinajstić information content (AvgIpc) is 3.08. The highest BCUT2D eigenvalue weighted by Crippen LogP contribution is 2.37. The number of aromatic nitrogens is 3. The van der Waals surface area contributed by atoms with Gasteiger partial charge in [0, 0.05) is 17.5 Å². The van der Waals surface area contributed by atoms with Crippen LogP contribution >= 0.6 is 34.5 Å². The first-order valence-corrected chi connectivity index (χ1v) is 8.45. The first-order chi connectivity index (χ1) is 10.6. The predicted molar refractivity (Wildman–Crippen MR) is 91.6 cm³/mol. The molecule has 7 heteroatoms. The van der Waals surface area contributed by atoms with Crippen LogP contribution in [0.1, 0.15) is 18.7 Å². The van der Waals surface area contributed by atoms with Gasteiger partial charge in [-0.3, -0.25) is 4.57 Å². The lowest BCUT2D eigenvalue weighted by Gasteiger charge is -2.11. The summed E-state index contributed by atoms with van der Waals surface area (Å²) >= 11 is 13.7. The van der Waals surface area contributed by atoms with E-state index >= 15 is 0 Å². The molecule has 22 heavy (non-hydrogen) atoms. The molecule has 0 amide bonds. The van der Waals surface area contributed by atoms with Gasteiger partial charge in [0.15, 0.2) is 5.82 Å². The van der Waals surface area contributed by atoms with Crippen LogP contribution in [0, 0.1) is 0 Å². The van der Waals surface area contributed by atoms with E-state index in [0.717, 1.165) is 38.8 Å². The Kier molecular flexibility index (Phi) is 3.36. The van der Waals surface area contributed by atoms with Crippen molar-refractivity contribution in [2.75, 3.05) is 11.9 Å². The highest BCUT2D eigenvalue weighted by atomic mass is 35.5. The highest BCUT2D eigenvalue weighted by Gasteiger charge is 2.25. The normalized spacial score (nSPS) is 16.6. The Hall–Kier alpha value is -1.56. The molecule has 0 fully saturated rings. The number of nitrogens with one attached hydrogen (secondary N) is 1. The minimum absolute atomic E-state index is 0.239. The van der Waals surface area contributed by atoms with Gasteiger partial charge in [-0.15, -0.1) is 21.5 Å². The second-order valence-electron chi connectivity index (χ2n) is 5.26. The summed E-state index contributed by atoms with van der Waals surface area (Å²) in [7, 11) is 0. The maximum Gasteiger partial charge on any atom is 0.178 e. The summed E-state index contributed by atoms with van der Waals surface area (Å²) in [6.07, 6.45) is 0. The number of rotatable bonds is 1. The van der Waals surface area contributed by atoms with Gasteiger partial charge in [0.05, 0.1) is 20.6 Å². The SMILES string of the molecule is CC1CNc2cc(Cl)ccc2-n2c(-c3ccc(Cl)s3)nnc21. The molecule has 0 saturated carbocycles. The standard InChI is InChI=1S/C15H12Cl2N4S/c1-8-7-18-10-6-9(16)2-3-11(10)21-14(8)19-20-15(21)12-4-5-13(17)22-12/h2-6,8,18H,7H2,1H3. The number of thiophene rings is 1. The van der Waals surface area contributed by atoms with Gasteiger partial charge in [0.2, 0.25) is 0 Å². The van der Waals surface area contributed by atoms with Gasteiger partial charge < -0.3 is 5.32 Å². The Bertz CT molecular complexity index is 855. The van der Waals surface area contributed by atoms with Crippen molar-refractivity contribution in [1.82, 2.24) is 14.8 Å². The lowest BCUT2D eigenvalue weighted by atomic mass is 10.1. The number of hydrogen-bond donors (Lipinski definition) is 1. The highest BCUT2D eigenvalue weighted by molar-refractivity contribution is 7.19. The van der Waals surface area contributed by atoms with E-state index in [2.05, 4.69) is 27.0 Å². The van der Waals surface area contributed by atoms with Crippen LogP contribution < -0.4 is 5.32 Å². The Labute approximate surface area is 141 Å². The van der Waals surface area contributed by atoms with Crippen molar-refractivity contribution in [2.24, 2.45) is 0 Å². The van der Waals surface area contributed by atoms with Crippen molar-refractivity contribution in [2.45, 2.75) is 12.8 Å². The van der Waals surface area contributed by atoms with Crippen molar-refractivity contribution < 1.29 is 0 Å². The molecule has 1 N–H and O–H groups in total. The van der Waals surface area contributed by atoms with Crippen LogP contribution in [0.25, 0.3) is 16.4 Å². The second-order valence-corrected chi connectivity index (χ2v) is 7.42. The monoisotopic (exact) mass is 350 g/mol. The van der Waals surface area contributed by atoms with Crippen LogP contribution in [0.3, 0.4) is 0 Å². The molecular weight excluding hydrogens is 339 g/mol. The Balaban J connectivity index is 1.99. The van der Waals surface area contributed by atoms with Crippen molar-refractivity contribution >= 4 is 40.2 Å². The summed E-state index contributed by atoms with van der Waals surface area (Å²) in [5, 5.41) is 12.9. The van der Waals surface area contributed by atoms with Crippen LogP contribution in [-0.2, 0) is 0 Å². The molecule has 3 aromatic rings. The number of hydrogen-bond acceptors (Lipinski definition) is 4. The maximum atomic E-state index is 6.13. The van der Waals surface area contributed by atoms with Crippen LogP contribution in [0.5, 0.6) is 0 Å². The molecule has 0 spiro atoms. The zero-order valence-electron chi connectivity index (χ0n) is 11.7. The van der Waals surface area contributed by atoms with Crippen molar-refractivity contribution in [3.63, 3.8) is 0 Å². The Morgan fingerprint density at radius 2 is 2.09 bits per heavy atom. The van der Waals surface area contributed by atoms with Gasteiger partial charge in [-0.2, -0.15) is 0 Å². The summed E-state index contributed by atoms with van der Waals surface area (Å²) in [4.78, 5) is 0.999. The molecule has 2 aromatic heterocycles. The summed E-state index contributed by atoms with van der Waals surface area (Å²) in [5.41, 5.74) is 2.00. The Morgan fingerprint density at radius 3 is 2.86 bits per heavy atom. The van der Waals surface area contributed by atoms with Crippen molar-refractivity contribution in [1.29, 1.82) is 0 Å². The van der Waals surface area contributed by atoms with E-state index in [1.165, 1.54) is 11.3 Å². The molecule has 4 nitrogen and oxygen atoms in total. The summed E-state index contributed by atoms with van der Waals surface area (Å²) in [6, 6.07) is 9.67. The van der Waals surface area contributed by atoms with Crippen molar-refractivity contribution in [3.05, 3.63) is 45.5 Å². The average molecular weight is 351 g/mol. The number of benzene rings is 1. The van der Waals surface area contributed by atoms with Crippen LogP contribution in [0.2, 0.25) is 9.36 Å². The lowest BCUT2D eigenvalue weighted by molar-refractivity contribution is 0.725. The first kappa shape index (κ1) is 14.1. The number of halogens is 2. The fraction of sp³-hybridized carbons (Fsp3) is 0.200. The van der Waals surface area contributed by atoms with E-state index in [1.807, 2.05) is 30.3 Å². The minimum atomic E-state index is 0.239. The third-order valence-corrected chi connectivity index (χ3v) is 5.18. The molecule has 0 aliphatic carbocycles. The third kappa shape index (κ3) is 2.20. The quantitative estimate of drug-likeness (QED) is 0.683. The molecule has 0 bridgehead atoms. The van der Waals surface area contributed by atoms with Gasteiger partial charge in [-0.1, -0.05) is 30.1 Å². The molecular formula is C15H12Cl2N4S.